The van der Waals surface area contributed by atoms with Crippen LogP contribution in [0.25, 0.3) is 10.7 Å². The molecule has 3 aromatic rings. The number of hydrogen-bond donors (Lipinski definition) is 1. The van der Waals surface area contributed by atoms with Gasteiger partial charge in [0.15, 0.2) is 0 Å². The van der Waals surface area contributed by atoms with E-state index in [9.17, 15) is 8.42 Å². The second-order valence-electron chi connectivity index (χ2n) is 5.57. The summed E-state index contributed by atoms with van der Waals surface area (Å²) in [5.74, 6) is 0.617. The molecule has 0 unspecified atom stereocenters. The number of methoxy groups -OCH3 is 1. The molecule has 0 saturated carbocycles. The summed E-state index contributed by atoms with van der Waals surface area (Å²) in [5.41, 5.74) is 1.73. The van der Waals surface area contributed by atoms with Crippen LogP contribution in [-0.2, 0) is 16.4 Å². The number of pyridine rings is 1. The van der Waals surface area contributed by atoms with Gasteiger partial charge in [0.2, 0.25) is 10.0 Å². The quantitative estimate of drug-likeness (QED) is 0.672. The lowest BCUT2D eigenvalue weighted by Crippen LogP contribution is -2.25. The van der Waals surface area contributed by atoms with E-state index in [2.05, 4.69) is 14.7 Å². The number of aromatic nitrogens is 2. The van der Waals surface area contributed by atoms with Crippen LogP contribution < -0.4 is 9.46 Å². The Labute approximate surface area is 157 Å². The van der Waals surface area contributed by atoms with Gasteiger partial charge in [-0.1, -0.05) is 6.07 Å². The number of nitrogens with zero attached hydrogens (tertiary/aromatic N) is 2. The first-order valence-corrected chi connectivity index (χ1v) is 10.3. The fourth-order valence-electron chi connectivity index (χ4n) is 2.40. The van der Waals surface area contributed by atoms with Crippen molar-refractivity contribution in [1.82, 2.24) is 14.7 Å². The van der Waals surface area contributed by atoms with Crippen LogP contribution in [0.2, 0.25) is 0 Å². The van der Waals surface area contributed by atoms with Crippen LogP contribution in [0.1, 0.15) is 10.6 Å². The molecule has 0 saturated heterocycles. The van der Waals surface area contributed by atoms with E-state index in [1.807, 2.05) is 25.1 Å². The van der Waals surface area contributed by atoms with Crippen molar-refractivity contribution in [2.75, 3.05) is 13.7 Å². The summed E-state index contributed by atoms with van der Waals surface area (Å²) in [6, 6.07) is 12.0. The third-order valence-electron chi connectivity index (χ3n) is 3.79. The van der Waals surface area contributed by atoms with Crippen LogP contribution in [0.5, 0.6) is 5.75 Å². The largest absolute Gasteiger partial charge is 0.497 e. The van der Waals surface area contributed by atoms with Crippen molar-refractivity contribution in [3.63, 3.8) is 0 Å². The summed E-state index contributed by atoms with van der Waals surface area (Å²) in [7, 11) is -2.01. The van der Waals surface area contributed by atoms with Crippen molar-refractivity contribution in [1.29, 1.82) is 0 Å². The van der Waals surface area contributed by atoms with Crippen LogP contribution >= 0.6 is 11.3 Å². The number of ether oxygens (including phenoxy) is 1. The van der Waals surface area contributed by atoms with Crippen molar-refractivity contribution in [2.24, 2.45) is 0 Å². The van der Waals surface area contributed by atoms with Gasteiger partial charge in [-0.3, -0.25) is 4.98 Å². The summed E-state index contributed by atoms with van der Waals surface area (Å²) < 4.78 is 32.4. The van der Waals surface area contributed by atoms with Crippen LogP contribution in [-0.4, -0.2) is 32.0 Å². The SMILES string of the molecule is COc1ccc(S(=O)(=O)NCCc2sc(-c3ccccn3)nc2C)cc1. The highest BCUT2D eigenvalue weighted by molar-refractivity contribution is 7.89. The van der Waals surface area contributed by atoms with Crippen LogP contribution in [0.4, 0.5) is 0 Å². The highest BCUT2D eigenvalue weighted by Crippen LogP contribution is 2.26. The second kappa shape index (κ2) is 7.94. The predicted octanol–water partition coefficient (Wildman–Crippen LogP) is 3.04. The first-order valence-electron chi connectivity index (χ1n) is 8.01. The van der Waals surface area contributed by atoms with E-state index in [4.69, 9.17) is 4.74 Å². The lowest BCUT2D eigenvalue weighted by atomic mass is 10.3. The maximum Gasteiger partial charge on any atom is 0.240 e. The molecule has 26 heavy (non-hydrogen) atoms. The van der Waals surface area contributed by atoms with E-state index < -0.39 is 10.0 Å². The number of sulfonamides is 1. The van der Waals surface area contributed by atoms with E-state index in [1.54, 1.807) is 25.4 Å². The average molecular weight is 390 g/mol. The third kappa shape index (κ3) is 4.27. The van der Waals surface area contributed by atoms with Gasteiger partial charge in [-0.05, 0) is 49.7 Å². The standard InChI is InChI=1S/C18H19N3O3S2/c1-13-17(25-18(21-13)16-5-3-4-11-19-16)10-12-20-26(22,23)15-8-6-14(24-2)7-9-15/h3-9,11,20H,10,12H2,1-2H3. The molecular weight excluding hydrogens is 370 g/mol. The molecule has 0 aliphatic carbocycles. The fraction of sp³-hybridized carbons (Fsp3) is 0.222. The zero-order valence-corrected chi connectivity index (χ0v) is 16.1. The van der Waals surface area contributed by atoms with E-state index in [1.165, 1.54) is 23.5 Å². The Balaban J connectivity index is 1.65. The Morgan fingerprint density at radius 2 is 1.92 bits per heavy atom. The molecule has 0 radical (unpaired) electrons. The predicted molar refractivity (Wildman–Crippen MR) is 102 cm³/mol. The van der Waals surface area contributed by atoms with E-state index in [-0.39, 0.29) is 4.90 Å². The minimum Gasteiger partial charge on any atom is -0.497 e. The van der Waals surface area contributed by atoms with Crippen molar-refractivity contribution in [3.05, 3.63) is 59.2 Å². The fourth-order valence-corrected chi connectivity index (χ4v) is 4.47. The minimum atomic E-state index is -3.55. The second-order valence-corrected chi connectivity index (χ2v) is 8.42. The Morgan fingerprint density at radius 1 is 1.15 bits per heavy atom. The molecule has 136 valence electrons. The molecule has 2 heterocycles. The van der Waals surface area contributed by atoms with Gasteiger partial charge < -0.3 is 4.74 Å². The summed E-state index contributed by atoms with van der Waals surface area (Å²) in [4.78, 5) is 10.1. The van der Waals surface area contributed by atoms with Gasteiger partial charge in [-0.25, -0.2) is 18.1 Å². The highest BCUT2D eigenvalue weighted by Gasteiger charge is 2.15. The molecule has 0 amide bonds. The van der Waals surface area contributed by atoms with Crippen molar-refractivity contribution in [3.8, 4) is 16.5 Å². The molecule has 0 fully saturated rings. The summed E-state index contributed by atoms with van der Waals surface area (Å²) in [5, 5.41) is 0.844. The van der Waals surface area contributed by atoms with Gasteiger partial charge in [-0.2, -0.15) is 0 Å². The van der Waals surface area contributed by atoms with Gasteiger partial charge in [-0.15, -0.1) is 11.3 Å². The van der Waals surface area contributed by atoms with Gasteiger partial charge in [0.1, 0.15) is 10.8 Å². The summed E-state index contributed by atoms with van der Waals surface area (Å²) in [6.07, 6.45) is 2.31. The van der Waals surface area contributed by atoms with Crippen molar-refractivity contribution in [2.45, 2.75) is 18.2 Å². The maximum atomic E-state index is 12.4. The summed E-state index contributed by atoms with van der Waals surface area (Å²) >= 11 is 1.54. The number of hydrogen-bond acceptors (Lipinski definition) is 6. The smallest absolute Gasteiger partial charge is 0.240 e. The van der Waals surface area contributed by atoms with E-state index >= 15 is 0 Å². The lowest BCUT2D eigenvalue weighted by Gasteiger charge is -2.07. The van der Waals surface area contributed by atoms with Gasteiger partial charge in [0, 0.05) is 17.6 Å². The topological polar surface area (TPSA) is 81.2 Å². The minimum absolute atomic E-state index is 0.216. The number of rotatable bonds is 7. The first-order chi connectivity index (χ1) is 12.5. The molecule has 0 bridgehead atoms. The molecule has 6 nitrogen and oxygen atoms in total. The van der Waals surface area contributed by atoms with E-state index in [0.29, 0.717) is 18.7 Å². The lowest BCUT2D eigenvalue weighted by molar-refractivity contribution is 0.414. The number of nitrogens with one attached hydrogen (secondary N) is 1. The van der Waals surface area contributed by atoms with Gasteiger partial charge >= 0.3 is 0 Å². The zero-order valence-electron chi connectivity index (χ0n) is 14.5. The Kier molecular flexibility index (Phi) is 5.65. The van der Waals surface area contributed by atoms with Gasteiger partial charge in [0.05, 0.1) is 23.4 Å². The van der Waals surface area contributed by atoms with Crippen molar-refractivity contribution < 1.29 is 13.2 Å². The average Bonchev–Trinajstić information content (AvgIpc) is 3.03. The molecule has 2 aromatic heterocycles. The number of thiazole rings is 1. The number of aryl methyl sites for hydroxylation is 1. The molecule has 0 spiro atoms. The van der Waals surface area contributed by atoms with Crippen LogP contribution in [0, 0.1) is 6.92 Å². The molecule has 0 atom stereocenters. The summed E-state index contributed by atoms with van der Waals surface area (Å²) in [6.45, 7) is 2.23. The van der Waals surface area contributed by atoms with Crippen LogP contribution in [0.15, 0.2) is 53.6 Å². The maximum absolute atomic E-state index is 12.4. The molecule has 8 heteroatoms. The van der Waals surface area contributed by atoms with Crippen LogP contribution in [0.3, 0.4) is 0 Å². The molecule has 3 rings (SSSR count). The Morgan fingerprint density at radius 3 is 2.58 bits per heavy atom. The monoisotopic (exact) mass is 389 g/mol. The number of benzene rings is 1. The molecular formula is C18H19N3O3S2. The van der Waals surface area contributed by atoms with Gasteiger partial charge in [0.25, 0.3) is 0 Å². The first kappa shape index (κ1) is 18.5. The third-order valence-corrected chi connectivity index (χ3v) is 6.51. The van der Waals surface area contributed by atoms with Crippen molar-refractivity contribution >= 4 is 21.4 Å². The molecule has 1 aromatic carbocycles. The molecule has 0 aliphatic rings. The zero-order chi connectivity index (χ0) is 18.6. The Bertz CT molecular complexity index is 969. The molecule has 1 N–H and O–H groups in total. The normalized spacial score (nSPS) is 11.5. The Hall–Kier alpha value is -2.29. The van der Waals surface area contributed by atoms with E-state index in [0.717, 1.165) is 21.3 Å². The highest BCUT2D eigenvalue weighted by atomic mass is 32.2. The molecule has 0 aliphatic heterocycles.